The topological polar surface area (TPSA) is 53.7 Å². The molecule has 1 aromatic rings. The maximum Gasteiger partial charge on any atom is 0.163 e. The van der Waals surface area contributed by atoms with Crippen molar-refractivity contribution in [2.75, 3.05) is 0 Å². The molecule has 5 heteroatoms. The van der Waals surface area contributed by atoms with Crippen molar-refractivity contribution < 1.29 is 18.6 Å². The molecule has 0 aromatic heterocycles. The van der Waals surface area contributed by atoms with Gasteiger partial charge in [-0.2, -0.15) is 0 Å². The van der Waals surface area contributed by atoms with Crippen LogP contribution in [0.5, 0.6) is 0 Å². The van der Waals surface area contributed by atoms with Crippen LogP contribution in [0.15, 0.2) is 30.3 Å². The van der Waals surface area contributed by atoms with Gasteiger partial charge in [-0.3, -0.25) is 0 Å². The Morgan fingerprint density at radius 1 is 1.20 bits per heavy atom. The van der Waals surface area contributed by atoms with Gasteiger partial charge in [-0.1, -0.05) is 30.3 Å². The van der Waals surface area contributed by atoms with Crippen molar-refractivity contribution in [1.82, 2.24) is 0 Å². The normalized spacial score (nSPS) is 38.9. The lowest BCUT2D eigenvalue weighted by atomic mass is 10.2. The van der Waals surface area contributed by atoms with Gasteiger partial charge >= 0.3 is 0 Å². The fraction of sp³-hybridized carbons (Fsp3) is 0.600. The van der Waals surface area contributed by atoms with E-state index in [4.69, 9.17) is 19.9 Å². The SMILES string of the molecule is CC1(C)O[C@H]2[C@@H](O1)[C@H](N)[C@@H](F)[C@@H]2OCc1ccccc1. The van der Waals surface area contributed by atoms with E-state index in [-0.39, 0.29) is 0 Å². The van der Waals surface area contributed by atoms with Crippen molar-refractivity contribution in [2.24, 2.45) is 5.73 Å². The summed E-state index contributed by atoms with van der Waals surface area (Å²) in [6.07, 6.45) is -2.85. The summed E-state index contributed by atoms with van der Waals surface area (Å²) < 4.78 is 31.4. The maximum absolute atomic E-state index is 14.2. The first-order chi connectivity index (χ1) is 9.48. The second-order valence-corrected chi connectivity index (χ2v) is 5.85. The minimum absolute atomic E-state index is 0.339. The molecule has 5 atom stereocenters. The second-order valence-electron chi connectivity index (χ2n) is 5.85. The Balaban J connectivity index is 1.69. The number of alkyl halides is 1. The zero-order valence-electron chi connectivity index (χ0n) is 11.7. The molecule has 0 radical (unpaired) electrons. The first kappa shape index (κ1) is 13.9. The fourth-order valence-corrected chi connectivity index (χ4v) is 2.90. The van der Waals surface area contributed by atoms with Crippen molar-refractivity contribution in [2.45, 2.75) is 56.8 Å². The highest BCUT2D eigenvalue weighted by Gasteiger charge is 2.59. The van der Waals surface area contributed by atoms with E-state index in [0.29, 0.717) is 6.61 Å². The van der Waals surface area contributed by atoms with Gasteiger partial charge in [-0.05, 0) is 19.4 Å². The van der Waals surface area contributed by atoms with Crippen molar-refractivity contribution >= 4 is 0 Å². The van der Waals surface area contributed by atoms with Gasteiger partial charge < -0.3 is 19.9 Å². The quantitative estimate of drug-likeness (QED) is 0.917. The van der Waals surface area contributed by atoms with E-state index in [9.17, 15) is 4.39 Å². The summed E-state index contributed by atoms with van der Waals surface area (Å²) in [5.74, 6) is -0.735. The highest BCUT2D eigenvalue weighted by atomic mass is 19.1. The molecule has 2 N–H and O–H groups in total. The lowest BCUT2D eigenvalue weighted by molar-refractivity contribution is -0.177. The van der Waals surface area contributed by atoms with Crippen LogP contribution in [-0.4, -0.2) is 36.3 Å². The number of benzene rings is 1. The van der Waals surface area contributed by atoms with Gasteiger partial charge in [-0.25, -0.2) is 4.39 Å². The Kier molecular flexibility index (Phi) is 3.54. The number of ether oxygens (including phenoxy) is 3. The smallest absolute Gasteiger partial charge is 0.163 e. The standard InChI is InChI=1S/C15H20FNO3/c1-15(2)19-13-11(17)10(16)12(14(13)20-15)18-8-9-6-4-3-5-7-9/h3-7,10-14H,8,17H2,1-2H3/t10-,11-,12+,13+,14-/m1/s1. The third-order valence-electron chi connectivity index (χ3n) is 3.83. The van der Waals surface area contributed by atoms with E-state index < -0.39 is 36.3 Å². The molecule has 4 nitrogen and oxygen atoms in total. The number of nitrogens with two attached hydrogens (primary N) is 1. The number of fused-ring (bicyclic) bond motifs is 1. The molecule has 1 aliphatic heterocycles. The summed E-state index contributed by atoms with van der Waals surface area (Å²) in [7, 11) is 0. The van der Waals surface area contributed by atoms with E-state index >= 15 is 0 Å². The third kappa shape index (κ3) is 2.46. The summed E-state index contributed by atoms with van der Waals surface area (Å²) in [5, 5.41) is 0. The van der Waals surface area contributed by atoms with Gasteiger partial charge in [0.2, 0.25) is 0 Å². The van der Waals surface area contributed by atoms with Crippen LogP contribution >= 0.6 is 0 Å². The molecule has 1 saturated heterocycles. The summed E-state index contributed by atoms with van der Waals surface area (Å²) in [5.41, 5.74) is 6.88. The molecule has 3 rings (SSSR count). The van der Waals surface area contributed by atoms with E-state index in [1.165, 1.54) is 0 Å². The first-order valence-corrected chi connectivity index (χ1v) is 6.89. The Bertz CT molecular complexity index is 467. The van der Waals surface area contributed by atoms with Gasteiger partial charge in [0.25, 0.3) is 0 Å². The number of hydrogen-bond donors (Lipinski definition) is 1. The molecule has 1 aliphatic carbocycles. The molecule has 110 valence electrons. The van der Waals surface area contributed by atoms with Crippen LogP contribution in [0.4, 0.5) is 4.39 Å². The number of halogens is 1. The predicted molar refractivity (Wildman–Crippen MR) is 71.7 cm³/mol. The lowest BCUT2D eigenvalue weighted by Crippen LogP contribution is -2.41. The Hall–Kier alpha value is -1.01. The van der Waals surface area contributed by atoms with Gasteiger partial charge in [0.15, 0.2) is 5.79 Å². The van der Waals surface area contributed by atoms with E-state index in [1.807, 2.05) is 30.3 Å². The molecule has 0 spiro atoms. The van der Waals surface area contributed by atoms with Gasteiger partial charge in [0.05, 0.1) is 12.6 Å². The predicted octanol–water partition coefficient (Wildman–Crippen LogP) is 1.77. The molecule has 1 saturated carbocycles. The van der Waals surface area contributed by atoms with Crippen LogP contribution in [0.1, 0.15) is 19.4 Å². The van der Waals surface area contributed by atoms with Crippen LogP contribution in [0.3, 0.4) is 0 Å². The Morgan fingerprint density at radius 2 is 1.85 bits per heavy atom. The molecule has 0 amide bonds. The molecule has 1 aromatic carbocycles. The number of rotatable bonds is 3. The Morgan fingerprint density at radius 3 is 2.55 bits per heavy atom. The van der Waals surface area contributed by atoms with Crippen LogP contribution < -0.4 is 5.73 Å². The van der Waals surface area contributed by atoms with Gasteiger partial charge in [-0.15, -0.1) is 0 Å². The first-order valence-electron chi connectivity index (χ1n) is 6.89. The molecular weight excluding hydrogens is 261 g/mol. The zero-order valence-corrected chi connectivity index (χ0v) is 11.7. The summed E-state index contributed by atoms with van der Waals surface area (Å²) >= 11 is 0. The van der Waals surface area contributed by atoms with Crippen molar-refractivity contribution in [1.29, 1.82) is 0 Å². The van der Waals surface area contributed by atoms with E-state index in [0.717, 1.165) is 5.56 Å². The van der Waals surface area contributed by atoms with Crippen LogP contribution in [0.25, 0.3) is 0 Å². The largest absolute Gasteiger partial charge is 0.368 e. The Labute approximate surface area is 118 Å². The lowest BCUT2D eigenvalue weighted by Gasteiger charge is -2.24. The second kappa shape index (κ2) is 5.07. The third-order valence-corrected chi connectivity index (χ3v) is 3.83. The highest BCUT2D eigenvalue weighted by Crippen LogP contribution is 2.40. The molecule has 2 aliphatic rings. The highest BCUT2D eigenvalue weighted by molar-refractivity contribution is 5.14. The average molecular weight is 281 g/mol. The zero-order chi connectivity index (χ0) is 14.3. The number of hydrogen-bond acceptors (Lipinski definition) is 4. The molecule has 20 heavy (non-hydrogen) atoms. The molecule has 0 bridgehead atoms. The van der Waals surface area contributed by atoms with Crippen LogP contribution in [-0.2, 0) is 20.8 Å². The molecular formula is C15H20FNO3. The summed E-state index contributed by atoms with van der Waals surface area (Å²) in [6.45, 7) is 3.95. The fourth-order valence-electron chi connectivity index (χ4n) is 2.90. The molecule has 1 heterocycles. The monoisotopic (exact) mass is 281 g/mol. The molecule has 2 fully saturated rings. The van der Waals surface area contributed by atoms with Gasteiger partial charge in [0, 0.05) is 0 Å². The maximum atomic E-state index is 14.2. The van der Waals surface area contributed by atoms with Crippen molar-refractivity contribution in [3.63, 3.8) is 0 Å². The summed E-state index contributed by atoms with van der Waals surface area (Å²) in [6, 6.07) is 8.95. The van der Waals surface area contributed by atoms with Gasteiger partial charge in [0.1, 0.15) is 24.5 Å². The van der Waals surface area contributed by atoms with Crippen LogP contribution in [0.2, 0.25) is 0 Å². The van der Waals surface area contributed by atoms with Crippen LogP contribution in [0, 0.1) is 0 Å². The summed E-state index contributed by atoms with van der Waals surface area (Å²) in [4.78, 5) is 0. The minimum atomic E-state index is -1.27. The average Bonchev–Trinajstić information content (AvgIpc) is 2.84. The van der Waals surface area contributed by atoms with Crippen molar-refractivity contribution in [3.8, 4) is 0 Å². The molecule has 0 unspecified atom stereocenters. The minimum Gasteiger partial charge on any atom is -0.368 e. The van der Waals surface area contributed by atoms with E-state index in [1.54, 1.807) is 13.8 Å². The van der Waals surface area contributed by atoms with E-state index in [2.05, 4.69) is 0 Å². The van der Waals surface area contributed by atoms with Crippen molar-refractivity contribution in [3.05, 3.63) is 35.9 Å².